The highest BCUT2D eigenvalue weighted by Gasteiger charge is 2.29. The van der Waals surface area contributed by atoms with Gasteiger partial charge in [0, 0.05) is 29.6 Å². The molecule has 0 spiro atoms. The summed E-state index contributed by atoms with van der Waals surface area (Å²) in [6.45, 7) is 1.33. The van der Waals surface area contributed by atoms with E-state index in [4.69, 9.17) is 4.42 Å². The summed E-state index contributed by atoms with van der Waals surface area (Å²) in [6, 6.07) is 7.52. The van der Waals surface area contributed by atoms with Crippen LogP contribution in [0.25, 0.3) is 22.5 Å². The zero-order valence-corrected chi connectivity index (χ0v) is 15.3. The molecule has 1 unspecified atom stereocenters. The number of aromatic nitrogens is 4. The van der Waals surface area contributed by atoms with Crippen LogP contribution in [0.15, 0.2) is 45.8 Å². The van der Waals surface area contributed by atoms with Crippen LogP contribution in [-0.4, -0.2) is 44.1 Å². The number of thiophene rings is 1. The number of hydrogen-bond acceptors (Lipinski definition) is 6. The zero-order chi connectivity index (χ0) is 18.2. The van der Waals surface area contributed by atoms with Gasteiger partial charge in [-0.2, -0.15) is 11.3 Å². The Morgan fingerprint density at radius 2 is 2.26 bits per heavy atom. The Morgan fingerprint density at radius 3 is 3.15 bits per heavy atom. The molecule has 1 saturated heterocycles. The number of hydrogen-bond donors (Lipinski definition) is 1. The van der Waals surface area contributed by atoms with Crippen LogP contribution in [0, 0.1) is 0 Å². The third-order valence-corrected chi connectivity index (χ3v) is 5.62. The summed E-state index contributed by atoms with van der Waals surface area (Å²) >= 11 is 1.59. The maximum Gasteiger partial charge on any atom is 0.253 e. The molecule has 1 aromatic carbocycles. The maximum absolute atomic E-state index is 13.0. The van der Waals surface area contributed by atoms with Crippen LogP contribution in [-0.2, 0) is 0 Å². The molecule has 0 radical (unpaired) electrons. The van der Waals surface area contributed by atoms with Gasteiger partial charge in [-0.05, 0) is 42.5 Å². The molecular formula is C19H17N5O2S. The van der Waals surface area contributed by atoms with E-state index in [0.717, 1.165) is 36.0 Å². The number of nitrogens with one attached hydrogen (secondary N) is 1. The average molecular weight is 379 g/mol. The molecule has 1 aliphatic heterocycles. The molecule has 1 fully saturated rings. The minimum Gasteiger partial charge on any atom is -0.420 e. The van der Waals surface area contributed by atoms with Crippen molar-refractivity contribution in [3.05, 3.63) is 52.8 Å². The molecule has 27 heavy (non-hydrogen) atoms. The molecule has 3 aromatic heterocycles. The SMILES string of the molecule is O=C(c1ccc2nc[nH]c2c1)N1CCCC(c2nnc(-c3ccsc3)o2)C1. The van der Waals surface area contributed by atoms with E-state index in [1.807, 2.05) is 39.9 Å². The number of piperidine rings is 1. The molecule has 4 heterocycles. The van der Waals surface area contributed by atoms with Gasteiger partial charge in [0.2, 0.25) is 11.8 Å². The smallest absolute Gasteiger partial charge is 0.253 e. The van der Waals surface area contributed by atoms with Gasteiger partial charge in [0.25, 0.3) is 5.91 Å². The lowest BCUT2D eigenvalue weighted by atomic mass is 9.97. The summed E-state index contributed by atoms with van der Waals surface area (Å²) in [4.78, 5) is 22.1. The summed E-state index contributed by atoms with van der Waals surface area (Å²) in [5.41, 5.74) is 3.33. The Kier molecular flexibility index (Phi) is 3.97. The van der Waals surface area contributed by atoms with E-state index in [1.165, 1.54) is 0 Å². The average Bonchev–Trinajstić information content (AvgIpc) is 3.47. The number of imidazole rings is 1. The van der Waals surface area contributed by atoms with Crippen molar-refractivity contribution in [1.82, 2.24) is 25.1 Å². The van der Waals surface area contributed by atoms with Crippen molar-refractivity contribution in [1.29, 1.82) is 0 Å². The first-order valence-electron chi connectivity index (χ1n) is 8.86. The number of benzene rings is 1. The van der Waals surface area contributed by atoms with Crippen LogP contribution in [0.1, 0.15) is 35.0 Å². The lowest BCUT2D eigenvalue weighted by molar-refractivity contribution is 0.0698. The summed E-state index contributed by atoms with van der Waals surface area (Å²) in [5, 5.41) is 12.4. The molecule has 0 aliphatic carbocycles. The molecule has 136 valence electrons. The number of fused-ring (bicyclic) bond motifs is 1. The minimum absolute atomic E-state index is 0.0220. The van der Waals surface area contributed by atoms with Crippen LogP contribution in [0.3, 0.4) is 0 Å². The lowest BCUT2D eigenvalue weighted by Gasteiger charge is -2.31. The Labute approximate surface area is 159 Å². The van der Waals surface area contributed by atoms with E-state index in [-0.39, 0.29) is 11.8 Å². The first kappa shape index (κ1) is 16.2. The fourth-order valence-corrected chi connectivity index (χ4v) is 4.15. The monoisotopic (exact) mass is 379 g/mol. The van der Waals surface area contributed by atoms with Gasteiger partial charge in [0.1, 0.15) is 0 Å². The molecule has 7 nitrogen and oxygen atoms in total. The lowest BCUT2D eigenvalue weighted by Crippen LogP contribution is -2.39. The predicted molar refractivity (Wildman–Crippen MR) is 102 cm³/mol. The quantitative estimate of drug-likeness (QED) is 0.586. The summed E-state index contributed by atoms with van der Waals surface area (Å²) in [7, 11) is 0. The second-order valence-electron chi connectivity index (χ2n) is 6.68. The van der Waals surface area contributed by atoms with Gasteiger partial charge >= 0.3 is 0 Å². The van der Waals surface area contributed by atoms with Crippen molar-refractivity contribution < 1.29 is 9.21 Å². The molecule has 1 atom stereocenters. The molecule has 8 heteroatoms. The predicted octanol–water partition coefficient (Wildman–Crippen LogP) is 3.69. The molecule has 0 bridgehead atoms. The summed E-state index contributed by atoms with van der Waals surface area (Å²) in [6.07, 6.45) is 3.49. The Hall–Kier alpha value is -3.00. The van der Waals surface area contributed by atoms with Gasteiger partial charge in [0.05, 0.1) is 23.3 Å². The number of nitrogens with zero attached hydrogens (tertiary/aromatic N) is 4. The summed E-state index contributed by atoms with van der Waals surface area (Å²) < 4.78 is 5.88. The fraction of sp³-hybridized carbons (Fsp3) is 0.263. The van der Waals surface area contributed by atoms with Crippen LogP contribution in [0.4, 0.5) is 0 Å². The van der Waals surface area contributed by atoms with Crippen molar-refractivity contribution in [3.63, 3.8) is 0 Å². The highest BCUT2D eigenvalue weighted by molar-refractivity contribution is 7.08. The molecule has 1 aliphatic rings. The maximum atomic E-state index is 13.0. The van der Waals surface area contributed by atoms with E-state index in [9.17, 15) is 4.79 Å². The highest BCUT2D eigenvalue weighted by atomic mass is 32.1. The largest absolute Gasteiger partial charge is 0.420 e. The van der Waals surface area contributed by atoms with Crippen LogP contribution in [0.5, 0.6) is 0 Å². The first-order chi connectivity index (χ1) is 13.3. The summed E-state index contributed by atoms with van der Waals surface area (Å²) in [5.74, 6) is 1.24. The number of rotatable bonds is 3. The standard InChI is InChI=1S/C19H17N5O2S/c25-19(12-3-4-15-16(8-12)21-11-20-15)24-6-1-2-13(9-24)17-22-23-18(26-17)14-5-7-27-10-14/h3-5,7-8,10-11,13H,1-2,6,9H2,(H,20,21). The number of likely N-dealkylation sites (tertiary alicyclic amines) is 1. The van der Waals surface area contributed by atoms with Crippen LogP contribution < -0.4 is 0 Å². The molecule has 1 amide bonds. The molecular weight excluding hydrogens is 362 g/mol. The van der Waals surface area contributed by atoms with Gasteiger partial charge in [-0.1, -0.05) is 0 Å². The highest BCUT2D eigenvalue weighted by Crippen LogP contribution is 2.30. The number of aromatic amines is 1. The zero-order valence-electron chi connectivity index (χ0n) is 14.5. The first-order valence-corrected chi connectivity index (χ1v) is 9.80. The van der Waals surface area contributed by atoms with Gasteiger partial charge in [-0.25, -0.2) is 4.98 Å². The number of carbonyl (C=O) groups is 1. The topological polar surface area (TPSA) is 87.9 Å². The molecule has 4 aromatic rings. The molecule has 5 rings (SSSR count). The number of amides is 1. The van der Waals surface area contributed by atoms with Crippen molar-refractivity contribution in [2.45, 2.75) is 18.8 Å². The van der Waals surface area contributed by atoms with Crippen molar-refractivity contribution in [3.8, 4) is 11.5 Å². The van der Waals surface area contributed by atoms with Crippen molar-refractivity contribution in [2.24, 2.45) is 0 Å². The second-order valence-corrected chi connectivity index (χ2v) is 7.46. The van der Waals surface area contributed by atoms with Crippen LogP contribution in [0.2, 0.25) is 0 Å². The Morgan fingerprint density at radius 1 is 1.30 bits per heavy atom. The van der Waals surface area contributed by atoms with Crippen LogP contribution >= 0.6 is 11.3 Å². The van der Waals surface area contributed by atoms with Gasteiger partial charge in [-0.15, -0.1) is 10.2 Å². The molecule has 0 saturated carbocycles. The van der Waals surface area contributed by atoms with E-state index in [1.54, 1.807) is 17.7 Å². The van der Waals surface area contributed by atoms with Gasteiger partial charge in [-0.3, -0.25) is 4.79 Å². The van der Waals surface area contributed by atoms with E-state index >= 15 is 0 Å². The number of H-pyrrole nitrogens is 1. The van der Waals surface area contributed by atoms with Crippen molar-refractivity contribution in [2.75, 3.05) is 13.1 Å². The normalized spacial score (nSPS) is 17.5. The van der Waals surface area contributed by atoms with Gasteiger partial charge in [0.15, 0.2) is 0 Å². The van der Waals surface area contributed by atoms with Crippen molar-refractivity contribution >= 4 is 28.3 Å². The minimum atomic E-state index is 0.0220. The number of carbonyl (C=O) groups excluding carboxylic acids is 1. The third kappa shape index (κ3) is 3.02. The van der Waals surface area contributed by atoms with E-state index < -0.39 is 0 Å². The van der Waals surface area contributed by atoms with E-state index in [2.05, 4.69) is 20.2 Å². The second kappa shape index (κ2) is 6.62. The third-order valence-electron chi connectivity index (χ3n) is 4.93. The van der Waals surface area contributed by atoms with E-state index in [0.29, 0.717) is 23.9 Å². The Bertz CT molecular complexity index is 1080. The van der Waals surface area contributed by atoms with Gasteiger partial charge < -0.3 is 14.3 Å². The Balaban J connectivity index is 1.35. The molecule has 1 N–H and O–H groups in total. The fourth-order valence-electron chi connectivity index (χ4n) is 3.52.